The maximum atomic E-state index is 5.49. The van der Waals surface area contributed by atoms with Crippen molar-refractivity contribution < 1.29 is 4.74 Å². The minimum atomic E-state index is 0.745. The number of nitrogens with one attached hydrogen (secondary N) is 1. The first-order valence-corrected chi connectivity index (χ1v) is 8.87. The lowest BCUT2D eigenvalue weighted by atomic mass is 10.0. The Kier molecular flexibility index (Phi) is 5.88. The van der Waals surface area contributed by atoms with E-state index in [1.165, 1.54) is 37.7 Å². The van der Waals surface area contributed by atoms with Crippen LogP contribution in [0, 0.1) is 5.92 Å². The first kappa shape index (κ1) is 16.0. The highest BCUT2D eigenvalue weighted by atomic mass is 16.5. The smallest absolute Gasteiger partial charge is 0.0480 e. The lowest BCUT2D eigenvalue weighted by Gasteiger charge is -2.35. The predicted molar refractivity (Wildman–Crippen MR) is 90.9 cm³/mol. The fourth-order valence-corrected chi connectivity index (χ4v) is 4.01. The van der Waals surface area contributed by atoms with Crippen LogP contribution < -0.4 is 5.32 Å². The number of rotatable bonds is 6. The van der Waals surface area contributed by atoms with E-state index in [9.17, 15) is 0 Å². The summed E-state index contributed by atoms with van der Waals surface area (Å²) in [5, 5.41) is 3.64. The number of hydrogen-bond donors (Lipinski definition) is 1. The number of hydrogen-bond acceptors (Lipinski definition) is 3. The Morgan fingerprint density at radius 1 is 1.05 bits per heavy atom. The van der Waals surface area contributed by atoms with E-state index in [1.807, 2.05) is 0 Å². The van der Waals surface area contributed by atoms with Gasteiger partial charge in [0.25, 0.3) is 0 Å². The van der Waals surface area contributed by atoms with Crippen molar-refractivity contribution in [1.29, 1.82) is 0 Å². The Balaban J connectivity index is 1.38. The molecule has 1 aromatic carbocycles. The van der Waals surface area contributed by atoms with E-state index < -0.39 is 0 Å². The second-order valence-electron chi connectivity index (χ2n) is 6.96. The molecule has 0 radical (unpaired) electrons. The van der Waals surface area contributed by atoms with Crippen molar-refractivity contribution in [2.45, 2.75) is 50.7 Å². The van der Waals surface area contributed by atoms with Gasteiger partial charge in [0.15, 0.2) is 0 Å². The van der Waals surface area contributed by atoms with Crippen molar-refractivity contribution in [3.05, 3.63) is 35.9 Å². The summed E-state index contributed by atoms with van der Waals surface area (Å²) < 4.78 is 5.49. The van der Waals surface area contributed by atoms with Crippen LogP contribution in [0.2, 0.25) is 0 Å². The molecule has 2 atom stereocenters. The molecule has 2 aliphatic rings. The third-order valence-electron chi connectivity index (χ3n) is 5.46. The van der Waals surface area contributed by atoms with E-state index in [0.29, 0.717) is 0 Å². The summed E-state index contributed by atoms with van der Waals surface area (Å²) in [6, 6.07) is 12.2. The van der Waals surface area contributed by atoms with Gasteiger partial charge >= 0.3 is 0 Å². The zero-order valence-electron chi connectivity index (χ0n) is 13.8. The van der Waals surface area contributed by atoms with Gasteiger partial charge in [-0.15, -0.1) is 0 Å². The molecule has 122 valence electrons. The van der Waals surface area contributed by atoms with Crippen LogP contribution in [0.3, 0.4) is 0 Å². The average Bonchev–Trinajstić information content (AvgIpc) is 3.05. The molecule has 1 unspecified atom stereocenters. The average molecular weight is 302 g/mol. The third kappa shape index (κ3) is 4.31. The molecular formula is C19H30N2O. The summed E-state index contributed by atoms with van der Waals surface area (Å²) in [4.78, 5) is 2.65. The Hall–Kier alpha value is -0.900. The molecule has 3 rings (SSSR count). The van der Waals surface area contributed by atoms with E-state index in [0.717, 1.165) is 44.3 Å². The lowest BCUT2D eigenvalue weighted by Crippen LogP contribution is -2.42. The molecule has 2 fully saturated rings. The van der Waals surface area contributed by atoms with Crippen LogP contribution in [0.15, 0.2) is 30.3 Å². The van der Waals surface area contributed by atoms with E-state index in [2.05, 4.69) is 47.6 Å². The van der Waals surface area contributed by atoms with Crippen LogP contribution in [0.25, 0.3) is 0 Å². The number of nitrogens with zero attached hydrogens (tertiary/aromatic N) is 1. The van der Waals surface area contributed by atoms with Crippen LogP contribution in [0.1, 0.15) is 37.7 Å². The molecule has 1 N–H and O–H groups in total. The highest BCUT2D eigenvalue weighted by molar-refractivity contribution is 5.14. The fourth-order valence-electron chi connectivity index (χ4n) is 4.01. The first-order valence-electron chi connectivity index (χ1n) is 8.87. The molecule has 3 heteroatoms. The summed E-state index contributed by atoms with van der Waals surface area (Å²) in [5.41, 5.74) is 1.39. The largest absolute Gasteiger partial charge is 0.381 e. The molecule has 1 aliphatic carbocycles. The lowest BCUT2D eigenvalue weighted by molar-refractivity contribution is 0.0288. The van der Waals surface area contributed by atoms with Gasteiger partial charge in [0, 0.05) is 31.8 Å². The minimum Gasteiger partial charge on any atom is -0.381 e. The van der Waals surface area contributed by atoms with Crippen LogP contribution in [0.4, 0.5) is 0 Å². The molecule has 22 heavy (non-hydrogen) atoms. The summed E-state index contributed by atoms with van der Waals surface area (Å²) in [7, 11) is 2.33. The van der Waals surface area contributed by atoms with Crippen molar-refractivity contribution in [1.82, 2.24) is 10.2 Å². The van der Waals surface area contributed by atoms with E-state index in [1.54, 1.807) is 0 Å². The van der Waals surface area contributed by atoms with Gasteiger partial charge in [-0.2, -0.15) is 0 Å². The van der Waals surface area contributed by atoms with Crippen LogP contribution in [-0.4, -0.2) is 43.8 Å². The van der Waals surface area contributed by atoms with Crippen LogP contribution in [0.5, 0.6) is 0 Å². The SMILES string of the molecule is CN(C1CCOCC1)C1CC[C@H](CNCc2ccccc2)C1. The van der Waals surface area contributed by atoms with Crippen LogP contribution >= 0.6 is 0 Å². The number of ether oxygens (including phenoxy) is 1. The summed E-state index contributed by atoms with van der Waals surface area (Å²) in [5.74, 6) is 0.844. The monoisotopic (exact) mass is 302 g/mol. The highest BCUT2D eigenvalue weighted by Crippen LogP contribution is 2.31. The van der Waals surface area contributed by atoms with Gasteiger partial charge < -0.3 is 15.0 Å². The van der Waals surface area contributed by atoms with Gasteiger partial charge in [-0.25, -0.2) is 0 Å². The number of benzene rings is 1. The maximum Gasteiger partial charge on any atom is 0.0480 e. The molecule has 1 aliphatic heterocycles. The maximum absolute atomic E-state index is 5.49. The molecule has 0 bridgehead atoms. The van der Waals surface area contributed by atoms with E-state index in [4.69, 9.17) is 4.74 Å². The topological polar surface area (TPSA) is 24.5 Å². The normalized spacial score (nSPS) is 26.6. The van der Waals surface area contributed by atoms with Gasteiger partial charge in [0.2, 0.25) is 0 Å². The molecule has 0 aromatic heterocycles. The Bertz CT molecular complexity index is 430. The quantitative estimate of drug-likeness (QED) is 0.874. The molecule has 3 nitrogen and oxygen atoms in total. The molecular weight excluding hydrogens is 272 g/mol. The van der Waals surface area contributed by atoms with Gasteiger partial charge in [0.1, 0.15) is 0 Å². The fraction of sp³-hybridized carbons (Fsp3) is 0.684. The van der Waals surface area contributed by atoms with Crippen molar-refractivity contribution in [3.8, 4) is 0 Å². The van der Waals surface area contributed by atoms with Crippen molar-refractivity contribution in [3.63, 3.8) is 0 Å². The summed E-state index contributed by atoms with van der Waals surface area (Å²) >= 11 is 0. The van der Waals surface area contributed by atoms with Crippen molar-refractivity contribution in [2.75, 3.05) is 26.8 Å². The first-order chi connectivity index (χ1) is 10.8. The summed E-state index contributed by atoms with van der Waals surface area (Å²) in [6.07, 6.45) is 6.52. The Morgan fingerprint density at radius 3 is 2.59 bits per heavy atom. The summed E-state index contributed by atoms with van der Waals surface area (Å²) in [6.45, 7) is 4.05. The Morgan fingerprint density at radius 2 is 1.82 bits per heavy atom. The van der Waals surface area contributed by atoms with E-state index >= 15 is 0 Å². The second kappa shape index (κ2) is 8.09. The molecule has 0 amide bonds. The van der Waals surface area contributed by atoms with Crippen LogP contribution in [-0.2, 0) is 11.3 Å². The molecule has 1 heterocycles. The van der Waals surface area contributed by atoms with Gasteiger partial charge in [-0.1, -0.05) is 30.3 Å². The highest BCUT2D eigenvalue weighted by Gasteiger charge is 2.31. The molecule has 1 saturated carbocycles. The van der Waals surface area contributed by atoms with E-state index in [-0.39, 0.29) is 0 Å². The van der Waals surface area contributed by atoms with Crippen molar-refractivity contribution in [2.24, 2.45) is 5.92 Å². The second-order valence-corrected chi connectivity index (χ2v) is 6.96. The Labute approximate surface area is 135 Å². The van der Waals surface area contributed by atoms with Gasteiger partial charge in [-0.3, -0.25) is 0 Å². The standard InChI is InChI=1S/C19H30N2O/c1-21(18-9-11-22-12-10-18)19-8-7-17(13-19)15-20-14-16-5-3-2-4-6-16/h2-6,17-20H,7-15H2,1H3/t17-,19?/m0/s1. The molecule has 0 spiro atoms. The molecule has 1 saturated heterocycles. The zero-order chi connectivity index (χ0) is 15.2. The predicted octanol–water partition coefficient (Wildman–Crippen LogP) is 3.06. The minimum absolute atomic E-state index is 0.745. The zero-order valence-corrected chi connectivity index (χ0v) is 13.8. The third-order valence-corrected chi connectivity index (χ3v) is 5.46. The van der Waals surface area contributed by atoms with Gasteiger partial charge in [0.05, 0.1) is 0 Å². The van der Waals surface area contributed by atoms with Crippen molar-refractivity contribution >= 4 is 0 Å². The van der Waals surface area contributed by atoms with Gasteiger partial charge in [-0.05, 0) is 57.2 Å². The molecule has 1 aromatic rings.